The van der Waals surface area contributed by atoms with Crippen molar-refractivity contribution in [1.82, 2.24) is 10.3 Å². The van der Waals surface area contributed by atoms with Gasteiger partial charge in [0.1, 0.15) is 0 Å². The van der Waals surface area contributed by atoms with Crippen molar-refractivity contribution in [2.24, 2.45) is 0 Å². The van der Waals surface area contributed by atoms with E-state index in [1.807, 2.05) is 25.1 Å². The predicted molar refractivity (Wildman–Crippen MR) is 57.0 cm³/mol. The summed E-state index contributed by atoms with van der Waals surface area (Å²) in [4.78, 5) is 4.38. The van der Waals surface area contributed by atoms with Crippen LogP contribution in [0.15, 0.2) is 18.2 Å². The zero-order chi connectivity index (χ0) is 10.4. The van der Waals surface area contributed by atoms with Gasteiger partial charge in [0.05, 0.1) is 5.69 Å². The average molecular weight is 194 g/mol. The monoisotopic (exact) mass is 194 g/mol. The average Bonchev–Trinajstić information content (AvgIpc) is 2.15. The Hall–Kier alpha value is -0.930. The van der Waals surface area contributed by atoms with Gasteiger partial charge in [-0.2, -0.15) is 0 Å². The Balaban J connectivity index is 2.37. The summed E-state index contributed by atoms with van der Waals surface area (Å²) < 4.78 is 0. The van der Waals surface area contributed by atoms with Crippen molar-refractivity contribution in [3.8, 4) is 0 Å². The van der Waals surface area contributed by atoms with Crippen LogP contribution in [0.2, 0.25) is 0 Å². The van der Waals surface area contributed by atoms with Gasteiger partial charge in [0.25, 0.3) is 0 Å². The molecule has 1 unspecified atom stereocenters. The van der Waals surface area contributed by atoms with E-state index in [1.165, 1.54) is 0 Å². The summed E-state index contributed by atoms with van der Waals surface area (Å²) in [6.45, 7) is 5.05. The summed E-state index contributed by atoms with van der Waals surface area (Å²) in [6.07, 6.45) is 0.784. The lowest BCUT2D eigenvalue weighted by Gasteiger charge is -2.11. The second kappa shape index (κ2) is 5.73. The molecule has 0 aliphatic heterocycles. The molecule has 3 heteroatoms. The zero-order valence-corrected chi connectivity index (χ0v) is 8.83. The first-order chi connectivity index (χ1) is 6.72. The van der Waals surface area contributed by atoms with Crippen molar-refractivity contribution in [3.63, 3.8) is 0 Å². The summed E-state index contributed by atoms with van der Waals surface area (Å²) >= 11 is 0. The molecule has 1 rings (SSSR count). The number of aliphatic hydroxyl groups is 1. The fraction of sp³-hybridized carbons (Fsp3) is 0.545. The number of nitrogens with one attached hydrogen (secondary N) is 1. The van der Waals surface area contributed by atoms with Crippen LogP contribution in [0.25, 0.3) is 0 Å². The van der Waals surface area contributed by atoms with E-state index in [-0.39, 0.29) is 6.61 Å². The zero-order valence-electron chi connectivity index (χ0n) is 8.83. The number of hydrogen-bond donors (Lipinski definition) is 2. The van der Waals surface area contributed by atoms with Crippen LogP contribution >= 0.6 is 0 Å². The summed E-state index contributed by atoms with van der Waals surface area (Å²) in [5, 5.41) is 12.0. The second-order valence-electron chi connectivity index (χ2n) is 3.56. The lowest BCUT2D eigenvalue weighted by Crippen LogP contribution is -2.26. The minimum atomic E-state index is 0.232. The molecule has 78 valence electrons. The molecule has 0 aliphatic rings. The van der Waals surface area contributed by atoms with Crippen LogP contribution in [0.1, 0.15) is 24.7 Å². The van der Waals surface area contributed by atoms with Crippen LogP contribution in [0.5, 0.6) is 0 Å². The van der Waals surface area contributed by atoms with Gasteiger partial charge in [-0.3, -0.25) is 4.98 Å². The molecule has 1 aromatic rings. The Kier molecular flexibility index (Phi) is 4.56. The minimum Gasteiger partial charge on any atom is -0.396 e. The smallest absolute Gasteiger partial charge is 0.0544 e. The van der Waals surface area contributed by atoms with Crippen LogP contribution in [0.3, 0.4) is 0 Å². The van der Waals surface area contributed by atoms with Crippen molar-refractivity contribution in [1.29, 1.82) is 0 Å². The third-order valence-electron chi connectivity index (χ3n) is 2.14. The Morgan fingerprint density at radius 3 is 2.93 bits per heavy atom. The van der Waals surface area contributed by atoms with E-state index in [0.29, 0.717) is 6.04 Å². The number of hydrogen-bond acceptors (Lipinski definition) is 3. The Morgan fingerprint density at radius 1 is 1.50 bits per heavy atom. The van der Waals surface area contributed by atoms with Crippen LogP contribution in [-0.4, -0.2) is 22.7 Å². The number of aromatic nitrogens is 1. The van der Waals surface area contributed by atoms with Crippen molar-refractivity contribution in [2.75, 3.05) is 6.61 Å². The molecule has 0 saturated carbocycles. The topological polar surface area (TPSA) is 45.1 Å². The first-order valence-corrected chi connectivity index (χ1v) is 4.99. The Bertz CT molecular complexity index is 276. The highest BCUT2D eigenvalue weighted by Crippen LogP contribution is 1.98. The van der Waals surface area contributed by atoms with Gasteiger partial charge in [-0.05, 0) is 32.4 Å². The number of nitrogens with zero attached hydrogens (tertiary/aromatic N) is 1. The molecule has 2 N–H and O–H groups in total. The molecule has 0 spiro atoms. The normalized spacial score (nSPS) is 12.8. The molecule has 0 aliphatic carbocycles. The molecule has 14 heavy (non-hydrogen) atoms. The first-order valence-electron chi connectivity index (χ1n) is 4.99. The largest absolute Gasteiger partial charge is 0.396 e. The molecule has 0 aromatic carbocycles. The molecule has 0 saturated heterocycles. The summed E-state index contributed by atoms with van der Waals surface area (Å²) in [6, 6.07) is 6.34. The number of pyridine rings is 1. The van der Waals surface area contributed by atoms with Gasteiger partial charge in [0, 0.05) is 24.9 Å². The standard InChI is InChI=1S/C11H18N2O/c1-9(6-7-14)12-8-11-5-3-4-10(2)13-11/h3-5,9,12,14H,6-8H2,1-2H3. The van der Waals surface area contributed by atoms with Crippen LogP contribution in [-0.2, 0) is 6.54 Å². The Morgan fingerprint density at radius 2 is 2.29 bits per heavy atom. The van der Waals surface area contributed by atoms with Crippen molar-refractivity contribution >= 4 is 0 Å². The fourth-order valence-electron chi connectivity index (χ4n) is 1.27. The number of aryl methyl sites for hydroxylation is 1. The minimum absolute atomic E-state index is 0.232. The fourth-order valence-corrected chi connectivity index (χ4v) is 1.27. The third-order valence-corrected chi connectivity index (χ3v) is 2.14. The molecule has 3 nitrogen and oxygen atoms in total. The number of aliphatic hydroxyl groups excluding tert-OH is 1. The molecule has 1 heterocycles. The van der Waals surface area contributed by atoms with E-state index in [4.69, 9.17) is 5.11 Å². The highest BCUT2D eigenvalue weighted by atomic mass is 16.3. The molecular formula is C11H18N2O. The van der Waals surface area contributed by atoms with Gasteiger partial charge in [-0.25, -0.2) is 0 Å². The molecular weight excluding hydrogens is 176 g/mol. The van der Waals surface area contributed by atoms with E-state index in [9.17, 15) is 0 Å². The van der Waals surface area contributed by atoms with Crippen molar-refractivity contribution in [3.05, 3.63) is 29.6 Å². The molecule has 1 aromatic heterocycles. The SMILES string of the molecule is Cc1cccc(CNC(C)CCO)n1. The molecule has 0 amide bonds. The first kappa shape index (κ1) is 11.1. The van der Waals surface area contributed by atoms with Gasteiger partial charge < -0.3 is 10.4 Å². The molecule has 1 atom stereocenters. The van der Waals surface area contributed by atoms with Gasteiger partial charge in [-0.15, -0.1) is 0 Å². The van der Waals surface area contributed by atoms with Gasteiger partial charge in [-0.1, -0.05) is 6.07 Å². The maximum atomic E-state index is 8.72. The molecule has 0 radical (unpaired) electrons. The van der Waals surface area contributed by atoms with Crippen LogP contribution in [0.4, 0.5) is 0 Å². The predicted octanol–water partition coefficient (Wildman–Crippen LogP) is 1.25. The van der Waals surface area contributed by atoms with Crippen molar-refractivity contribution < 1.29 is 5.11 Å². The third kappa shape index (κ3) is 3.85. The van der Waals surface area contributed by atoms with Crippen LogP contribution in [0, 0.1) is 6.92 Å². The van der Waals surface area contributed by atoms with E-state index >= 15 is 0 Å². The lowest BCUT2D eigenvalue weighted by molar-refractivity contribution is 0.268. The van der Waals surface area contributed by atoms with Crippen LogP contribution < -0.4 is 5.32 Å². The summed E-state index contributed by atoms with van der Waals surface area (Å²) in [5.41, 5.74) is 2.09. The maximum absolute atomic E-state index is 8.72. The van der Waals surface area contributed by atoms with Gasteiger partial charge >= 0.3 is 0 Å². The Labute approximate surface area is 85.2 Å². The molecule has 0 fully saturated rings. The highest BCUT2D eigenvalue weighted by Gasteiger charge is 2.00. The van der Waals surface area contributed by atoms with E-state index in [0.717, 1.165) is 24.4 Å². The maximum Gasteiger partial charge on any atom is 0.0544 e. The lowest BCUT2D eigenvalue weighted by atomic mass is 10.2. The van der Waals surface area contributed by atoms with E-state index < -0.39 is 0 Å². The summed E-state index contributed by atoms with van der Waals surface area (Å²) in [7, 11) is 0. The quantitative estimate of drug-likeness (QED) is 0.741. The van der Waals surface area contributed by atoms with Crippen molar-refractivity contribution in [2.45, 2.75) is 32.9 Å². The second-order valence-corrected chi connectivity index (χ2v) is 3.56. The highest BCUT2D eigenvalue weighted by molar-refractivity contribution is 5.09. The van der Waals surface area contributed by atoms with Gasteiger partial charge in [0.15, 0.2) is 0 Å². The van der Waals surface area contributed by atoms with E-state index in [1.54, 1.807) is 0 Å². The molecule has 0 bridgehead atoms. The summed E-state index contributed by atoms with van der Waals surface area (Å²) in [5.74, 6) is 0. The van der Waals surface area contributed by atoms with E-state index in [2.05, 4.69) is 17.2 Å². The number of rotatable bonds is 5. The van der Waals surface area contributed by atoms with Gasteiger partial charge in [0.2, 0.25) is 0 Å².